The summed E-state index contributed by atoms with van der Waals surface area (Å²) in [6.07, 6.45) is 8.90. The number of hydrogen-bond acceptors (Lipinski definition) is 1. The lowest BCUT2D eigenvalue weighted by Crippen LogP contribution is -2.13. The first-order chi connectivity index (χ1) is 13.1. The van der Waals surface area contributed by atoms with Crippen LogP contribution in [0.15, 0.2) is 42.5 Å². The van der Waals surface area contributed by atoms with Crippen molar-refractivity contribution >= 4 is 5.78 Å². The van der Waals surface area contributed by atoms with Crippen LogP contribution in [-0.2, 0) is 0 Å². The number of Topliss-reactive ketones (excluding diaryl/α,β-unsaturated/α-hetero) is 1. The SMILES string of the molecule is CCCC(=O)c1ccc(-c2ccc(C3CCC(CCC)CC3)cc2F)cc1. The van der Waals surface area contributed by atoms with Crippen LogP contribution < -0.4 is 0 Å². The lowest BCUT2D eigenvalue weighted by Gasteiger charge is -2.28. The van der Waals surface area contributed by atoms with E-state index in [0.29, 0.717) is 23.5 Å². The molecule has 2 aromatic carbocycles. The summed E-state index contributed by atoms with van der Waals surface area (Å²) in [7, 11) is 0. The Bertz CT molecular complexity index is 754. The molecule has 0 radical (unpaired) electrons. The monoisotopic (exact) mass is 366 g/mol. The van der Waals surface area contributed by atoms with E-state index in [1.54, 1.807) is 6.07 Å². The minimum absolute atomic E-state index is 0.151. The first kappa shape index (κ1) is 19.8. The highest BCUT2D eigenvalue weighted by molar-refractivity contribution is 5.96. The van der Waals surface area contributed by atoms with Crippen LogP contribution in [0.25, 0.3) is 11.1 Å². The molecule has 1 aliphatic rings. The van der Waals surface area contributed by atoms with E-state index in [0.717, 1.165) is 23.5 Å². The quantitative estimate of drug-likeness (QED) is 0.462. The largest absolute Gasteiger partial charge is 0.294 e. The van der Waals surface area contributed by atoms with Crippen LogP contribution >= 0.6 is 0 Å². The molecule has 0 N–H and O–H groups in total. The van der Waals surface area contributed by atoms with Crippen LogP contribution in [0, 0.1) is 11.7 Å². The third-order valence-corrected chi connectivity index (χ3v) is 6.00. The van der Waals surface area contributed by atoms with Crippen molar-refractivity contribution in [1.29, 1.82) is 0 Å². The number of halogens is 1. The summed E-state index contributed by atoms with van der Waals surface area (Å²) in [6.45, 7) is 4.26. The van der Waals surface area contributed by atoms with Gasteiger partial charge < -0.3 is 0 Å². The molecule has 0 atom stereocenters. The molecular formula is C25H31FO. The number of hydrogen-bond donors (Lipinski definition) is 0. The summed E-state index contributed by atoms with van der Waals surface area (Å²) in [5, 5.41) is 0. The average molecular weight is 367 g/mol. The molecule has 0 saturated heterocycles. The van der Waals surface area contributed by atoms with Gasteiger partial charge in [0, 0.05) is 17.5 Å². The molecule has 2 aromatic rings. The Kier molecular flexibility index (Phi) is 6.82. The van der Waals surface area contributed by atoms with Crippen LogP contribution in [0.3, 0.4) is 0 Å². The van der Waals surface area contributed by atoms with E-state index >= 15 is 0 Å². The first-order valence-corrected chi connectivity index (χ1v) is 10.6. The molecule has 27 heavy (non-hydrogen) atoms. The fourth-order valence-electron chi connectivity index (χ4n) is 4.42. The fourth-order valence-corrected chi connectivity index (χ4v) is 4.42. The molecule has 2 heteroatoms. The van der Waals surface area contributed by atoms with Crippen molar-refractivity contribution in [2.24, 2.45) is 5.92 Å². The van der Waals surface area contributed by atoms with E-state index in [1.807, 2.05) is 37.3 Å². The number of carbonyl (C=O) groups is 1. The highest BCUT2D eigenvalue weighted by atomic mass is 19.1. The highest BCUT2D eigenvalue weighted by Crippen LogP contribution is 2.38. The summed E-state index contributed by atoms with van der Waals surface area (Å²) in [4.78, 5) is 12.0. The Labute approximate surface area is 163 Å². The number of carbonyl (C=O) groups excluding carboxylic acids is 1. The molecule has 1 nitrogen and oxygen atoms in total. The van der Waals surface area contributed by atoms with Gasteiger partial charge in [-0.3, -0.25) is 4.79 Å². The summed E-state index contributed by atoms with van der Waals surface area (Å²) < 4.78 is 14.8. The third-order valence-electron chi connectivity index (χ3n) is 6.00. The molecule has 0 unspecified atom stereocenters. The second kappa shape index (κ2) is 9.30. The topological polar surface area (TPSA) is 17.1 Å². The van der Waals surface area contributed by atoms with E-state index in [9.17, 15) is 9.18 Å². The van der Waals surface area contributed by atoms with Crippen LogP contribution in [0.2, 0.25) is 0 Å². The lowest BCUT2D eigenvalue weighted by molar-refractivity contribution is 0.0982. The van der Waals surface area contributed by atoms with Gasteiger partial charge >= 0.3 is 0 Å². The minimum Gasteiger partial charge on any atom is -0.294 e. The van der Waals surface area contributed by atoms with E-state index in [1.165, 1.54) is 38.5 Å². The van der Waals surface area contributed by atoms with Crippen LogP contribution in [0.5, 0.6) is 0 Å². The van der Waals surface area contributed by atoms with Gasteiger partial charge in [-0.25, -0.2) is 4.39 Å². The zero-order chi connectivity index (χ0) is 19.2. The van der Waals surface area contributed by atoms with Gasteiger partial charge in [-0.15, -0.1) is 0 Å². The minimum atomic E-state index is -0.157. The smallest absolute Gasteiger partial charge is 0.162 e. The van der Waals surface area contributed by atoms with Crippen molar-refractivity contribution in [2.75, 3.05) is 0 Å². The van der Waals surface area contributed by atoms with E-state index < -0.39 is 0 Å². The first-order valence-electron chi connectivity index (χ1n) is 10.6. The Morgan fingerprint density at radius 1 is 0.963 bits per heavy atom. The Morgan fingerprint density at radius 3 is 2.26 bits per heavy atom. The molecule has 1 saturated carbocycles. The molecule has 1 aliphatic carbocycles. The summed E-state index contributed by atoms with van der Waals surface area (Å²) in [6, 6.07) is 13.1. The van der Waals surface area contributed by atoms with E-state index in [-0.39, 0.29) is 11.6 Å². The standard InChI is InChI=1S/C25H31FO/c1-3-5-18-7-9-19(10-8-18)22-15-16-23(24(26)17-22)20-11-13-21(14-12-20)25(27)6-4-2/h11-19H,3-10H2,1-2H3. The van der Waals surface area contributed by atoms with E-state index in [2.05, 4.69) is 13.0 Å². The Morgan fingerprint density at radius 2 is 1.67 bits per heavy atom. The van der Waals surface area contributed by atoms with Gasteiger partial charge in [-0.05, 0) is 61.1 Å². The molecule has 1 fully saturated rings. The molecule has 144 valence electrons. The van der Waals surface area contributed by atoms with Gasteiger partial charge in [-0.2, -0.15) is 0 Å². The average Bonchev–Trinajstić information content (AvgIpc) is 2.69. The number of benzene rings is 2. The second-order valence-electron chi connectivity index (χ2n) is 8.00. The molecule has 0 amide bonds. The predicted octanol–water partition coefficient (Wildman–Crippen LogP) is 7.55. The maximum absolute atomic E-state index is 14.8. The number of ketones is 1. The van der Waals surface area contributed by atoms with Gasteiger partial charge in [-0.1, -0.05) is 63.1 Å². The van der Waals surface area contributed by atoms with Crippen molar-refractivity contribution in [1.82, 2.24) is 0 Å². The Hall–Kier alpha value is -1.96. The summed E-state index contributed by atoms with van der Waals surface area (Å²) >= 11 is 0. The maximum Gasteiger partial charge on any atom is 0.162 e. The number of rotatable bonds is 7. The van der Waals surface area contributed by atoms with Crippen LogP contribution in [-0.4, -0.2) is 5.78 Å². The molecule has 0 aromatic heterocycles. The third kappa shape index (κ3) is 4.86. The zero-order valence-corrected chi connectivity index (χ0v) is 16.6. The summed E-state index contributed by atoms with van der Waals surface area (Å²) in [5.74, 6) is 1.36. The normalized spacial score (nSPS) is 19.8. The predicted molar refractivity (Wildman–Crippen MR) is 111 cm³/mol. The van der Waals surface area contributed by atoms with Gasteiger partial charge in [0.25, 0.3) is 0 Å². The maximum atomic E-state index is 14.8. The molecule has 0 heterocycles. The van der Waals surface area contributed by atoms with Gasteiger partial charge in [0.15, 0.2) is 5.78 Å². The second-order valence-corrected chi connectivity index (χ2v) is 8.00. The molecule has 0 aliphatic heterocycles. The molecule has 0 spiro atoms. The van der Waals surface area contributed by atoms with Crippen molar-refractivity contribution in [2.45, 2.75) is 71.1 Å². The molecular weight excluding hydrogens is 335 g/mol. The van der Waals surface area contributed by atoms with Gasteiger partial charge in [0.2, 0.25) is 0 Å². The van der Waals surface area contributed by atoms with Crippen LogP contribution in [0.4, 0.5) is 4.39 Å². The fraction of sp³-hybridized carbons (Fsp3) is 0.480. The van der Waals surface area contributed by atoms with Crippen molar-refractivity contribution < 1.29 is 9.18 Å². The van der Waals surface area contributed by atoms with Crippen molar-refractivity contribution in [3.05, 3.63) is 59.4 Å². The van der Waals surface area contributed by atoms with Crippen molar-refractivity contribution in [3.63, 3.8) is 0 Å². The Balaban J connectivity index is 1.71. The van der Waals surface area contributed by atoms with E-state index in [4.69, 9.17) is 0 Å². The molecule has 0 bridgehead atoms. The lowest BCUT2D eigenvalue weighted by atomic mass is 9.77. The van der Waals surface area contributed by atoms with Crippen LogP contribution in [0.1, 0.15) is 87.1 Å². The summed E-state index contributed by atoms with van der Waals surface area (Å²) in [5.41, 5.74) is 3.30. The van der Waals surface area contributed by atoms with Gasteiger partial charge in [0.1, 0.15) is 5.82 Å². The molecule has 3 rings (SSSR count). The zero-order valence-electron chi connectivity index (χ0n) is 16.6. The van der Waals surface area contributed by atoms with Gasteiger partial charge in [0.05, 0.1) is 0 Å². The highest BCUT2D eigenvalue weighted by Gasteiger charge is 2.22. The van der Waals surface area contributed by atoms with Crippen molar-refractivity contribution in [3.8, 4) is 11.1 Å².